The third-order valence-electron chi connectivity index (χ3n) is 10.1. The first-order valence-electron chi connectivity index (χ1n) is 18.0. The SMILES string of the molecule is [CH3][Sn]([CH3])([CH3])[c]1cc2c(-c3ccc(C(F)(F)C(F)(F)C(F)(F)C(F)(F)C(F)(F)C(F)(F)F)s3)c3s[c]([Sn]([CH3])([CH3])[CH3])cc3c(-c3ccc(C(F)(F)C(F)(F)C(F)(F)C(F)(F)C(F)(F)C(F)(F)F)s3)c2s1. The van der Waals surface area contributed by atoms with Crippen molar-refractivity contribution in [3.05, 3.63) is 46.2 Å². The molecular weight excluding hydrogens is 1290 g/mol. The van der Waals surface area contributed by atoms with Crippen LogP contribution in [0.25, 0.3) is 41.1 Å². The summed E-state index contributed by atoms with van der Waals surface area (Å²) in [6.07, 6.45) is -15.3. The molecule has 68 heavy (non-hydrogen) atoms. The van der Waals surface area contributed by atoms with Crippen LogP contribution in [0.1, 0.15) is 9.75 Å². The van der Waals surface area contributed by atoms with Gasteiger partial charge in [0, 0.05) is 0 Å². The average Bonchev–Trinajstić information content (AvgIpc) is 3.98. The van der Waals surface area contributed by atoms with Crippen molar-refractivity contribution >= 4 is 108 Å². The van der Waals surface area contributed by atoms with Gasteiger partial charge in [0.25, 0.3) is 0 Å². The van der Waals surface area contributed by atoms with Gasteiger partial charge in [-0.25, -0.2) is 0 Å². The number of thiophene rings is 4. The van der Waals surface area contributed by atoms with Crippen LogP contribution in [-0.2, 0) is 11.8 Å². The Kier molecular flexibility index (Phi) is 13.8. The number of hydrogen-bond acceptors (Lipinski definition) is 4. The van der Waals surface area contributed by atoms with Gasteiger partial charge in [0.1, 0.15) is 0 Å². The monoisotopic (exact) mass is 1320 g/mol. The molecule has 4 aromatic heterocycles. The van der Waals surface area contributed by atoms with Crippen LogP contribution in [0.2, 0.25) is 29.6 Å². The summed E-state index contributed by atoms with van der Waals surface area (Å²) in [6.45, 7) is 0. The zero-order chi connectivity index (χ0) is 53.0. The van der Waals surface area contributed by atoms with E-state index in [2.05, 4.69) is 0 Å². The molecule has 0 N–H and O–H groups in total. The number of rotatable bonds is 14. The Hall–Kier alpha value is -1.68. The predicted octanol–water partition coefficient (Wildman–Crippen LogP) is 17.1. The quantitative estimate of drug-likeness (QED) is 0.0768. The van der Waals surface area contributed by atoms with E-state index in [9.17, 15) is 96.6 Å². The van der Waals surface area contributed by atoms with Crippen molar-refractivity contribution in [1.82, 2.24) is 0 Å². The van der Waals surface area contributed by atoms with Crippen molar-refractivity contribution in [3.63, 3.8) is 0 Å². The van der Waals surface area contributed by atoms with Gasteiger partial charge in [-0.3, -0.25) is 0 Å². The first kappa shape index (κ1) is 57.2. The van der Waals surface area contributed by atoms with E-state index >= 15 is 17.6 Å². The Morgan fingerprint density at radius 1 is 0.324 bits per heavy atom. The average molecular weight is 1320 g/mol. The fourth-order valence-electron chi connectivity index (χ4n) is 6.13. The molecule has 0 spiro atoms. The van der Waals surface area contributed by atoms with Crippen molar-refractivity contribution < 1.29 is 114 Å². The van der Waals surface area contributed by atoms with E-state index in [1.54, 1.807) is 29.6 Å². The molecule has 0 nitrogen and oxygen atoms in total. The van der Waals surface area contributed by atoms with Crippen LogP contribution in [0.15, 0.2) is 36.4 Å². The van der Waals surface area contributed by atoms with Gasteiger partial charge in [-0.05, 0) is 0 Å². The number of benzene rings is 1. The molecule has 0 aliphatic rings. The molecule has 0 saturated carbocycles. The van der Waals surface area contributed by atoms with E-state index in [0.717, 1.165) is 22.7 Å². The zero-order valence-corrected chi connectivity index (χ0v) is 42.9. The first-order chi connectivity index (χ1) is 29.9. The summed E-state index contributed by atoms with van der Waals surface area (Å²) in [5.41, 5.74) is -0.582. The molecule has 0 fully saturated rings. The van der Waals surface area contributed by atoms with Crippen molar-refractivity contribution in [2.24, 2.45) is 0 Å². The second-order valence-corrected chi connectivity index (χ2v) is 52.1. The summed E-state index contributed by atoms with van der Waals surface area (Å²) in [4.78, 5) is 4.54. The maximum atomic E-state index is 15.5. The van der Waals surface area contributed by atoms with Crippen molar-refractivity contribution in [1.29, 1.82) is 0 Å². The van der Waals surface area contributed by atoms with E-state index in [1.165, 1.54) is 12.1 Å². The summed E-state index contributed by atoms with van der Waals surface area (Å²) >= 11 is -6.65. The Morgan fingerprint density at radius 3 is 0.809 bits per heavy atom. The minimum absolute atomic E-state index is 0.0684. The third-order valence-corrected chi connectivity index (χ3v) is 33.6. The van der Waals surface area contributed by atoms with Crippen LogP contribution < -0.4 is 5.79 Å². The molecule has 0 amide bonds. The maximum absolute atomic E-state index is 15.5. The van der Waals surface area contributed by atoms with Crippen molar-refractivity contribution in [3.8, 4) is 20.9 Å². The van der Waals surface area contributed by atoms with Crippen molar-refractivity contribution in [2.75, 3.05) is 0 Å². The van der Waals surface area contributed by atoms with E-state index in [4.69, 9.17) is 0 Å². The van der Waals surface area contributed by atoms with E-state index in [0.29, 0.717) is 17.9 Å². The molecule has 5 aromatic rings. The van der Waals surface area contributed by atoms with Crippen LogP contribution in [0.5, 0.6) is 0 Å². The Balaban J connectivity index is 1.79. The van der Waals surface area contributed by atoms with Crippen molar-refractivity contribution in [2.45, 2.75) is 101 Å². The molecule has 32 heteroatoms. The van der Waals surface area contributed by atoms with Gasteiger partial charge in [0.15, 0.2) is 0 Å². The Labute approximate surface area is 388 Å². The van der Waals surface area contributed by atoms with Crippen LogP contribution >= 0.6 is 45.3 Å². The Bertz CT molecular complexity index is 2480. The molecular formula is C36H24F26S4Sn2. The molecule has 1 aromatic carbocycles. The van der Waals surface area contributed by atoms with Gasteiger partial charge >= 0.3 is 347 Å². The zero-order valence-electron chi connectivity index (χ0n) is 33.9. The van der Waals surface area contributed by atoms with Crippen LogP contribution in [0, 0.1) is 0 Å². The van der Waals surface area contributed by atoms with E-state index in [-0.39, 0.29) is 43.4 Å². The molecule has 0 unspecified atom stereocenters. The first-order valence-corrected chi connectivity index (χ1v) is 41.3. The van der Waals surface area contributed by atoms with Crippen LogP contribution in [-0.4, -0.2) is 96.5 Å². The minimum atomic E-state index is -8.20. The molecule has 0 aliphatic carbocycles. The molecule has 0 bridgehead atoms. The fourth-order valence-corrected chi connectivity index (χ4v) is 21.3. The molecule has 0 radical (unpaired) electrons. The summed E-state index contributed by atoms with van der Waals surface area (Å²) in [6, 6.07) is 3.58. The molecule has 0 saturated heterocycles. The van der Waals surface area contributed by atoms with Gasteiger partial charge < -0.3 is 0 Å². The van der Waals surface area contributed by atoms with Gasteiger partial charge in [-0.2, -0.15) is 43.9 Å². The summed E-state index contributed by atoms with van der Waals surface area (Å²) in [7, 11) is 0. The second-order valence-electron chi connectivity index (χ2n) is 17.0. The normalized spacial score (nSPS) is 15.6. The molecule has 5 rings (SSSR count). The summed E-state index contributed by atoms with van der Waals surface area (Å²) in [5.74, 6) is -77.4. The van der Waals surface area contributed by atoms with Crippen LogP contribution in [0.4, 0.5) is 114 Å². The molecule has 0 atom stereocenters. The molecule has 0 aliphatic heterocycles. The second kappa shape index (κ2) is 16.4. The van der Waals surface area contributed by atoms with E-state index < -0.39 is 151 Å². The van der Waals surface area contributed by atoms with Gasteiger partial charge in [0.05, 0.1) is 0 Å². The van der Waals surface area contributed by atoms with Gasteiger partial charge in [-0.1, -0.05) is 0 Å². The molecule has 382 valence electrons. The molecule has 4 heterocycles. The van der Waals surface area contributed by atoms with E-state index in [1.807, 2.05) is 0 Å². The number of fused-ring (bicyclic) bond motifs is 2. The Morgan fingerprint density at radius 2 is 0.574 bits per heavy atom. The number of hydrogen-bond donors (Lipinski definition) is 0. The topological polar surface area (TPSA) is 0 Å². The number of alkyl halides is 26. The standard InChI is InChI=1S/C30H6F26S4.6CH3.2Sn/c31-19(32,21(35,36)23(39,40)25(43,44)27(47,48)29(51,52)53)13-3-1-11(59-13)15-9-5-7-58-18(9)16(10-6-8-57-17(10)15)12-2-4-14(60-12)20(33,34)22(37,38)24(41,42)26(45,46)28(49,50)30(54,55)56;;;;;;;;/h1-6H;6*1H3;;. The summed E-state index contributed by atoms with van der Waals surface area (Å²) < 4.78 is 367. The third kappa shape index (κ3) is 8.11. The van der Waals surface area contributed by atoms with Gasteiger partial charge in [-0.15, -0.1) is 0 Å². The predicted molar refractivity (Wildman–Crippen MR) is 209 cm³/mol. The summed E-state index contributed by atoms with van der Waals surface area (Å²) in [5, 5.41) is -0.344. The fraction of sp³-hybridized carbons (Fsp3) is 0.500. The van der Waals surface area contributed by atoms with Gasteiger partial charge in [0.2, 0.25) is 0 Å². The van der Waals surface area contributed by atoms with Crippen LogP contribution in [0.3, 0.4) is 0 Å². The number of halogens is 26.